The second-order valence-electron chi connectivity index (χ2n) is 3.89. The number of carbonyl (C=O) groups is 1. The van der Waals surface area contributed by atoms with Gasteiger partial charge in [0.15, 0.2) is 0 Å². The van der Waals surface area contributed by atoms with E-state index in [4.69, 9.17) is 9.84 Å². The van der Waals surface area contributed by atoms with Gasteiger partial charge < -0.3 is 15.2 Å². The predicted molar refractivity (Wildman–Crippen MR) is 71.7 cm³/mol. The van der Waals surface area contributed by atoms with Gasteiger partial charge >= 0.3 is 0 Å². The fourth-order valence-corrected chi connectivity index (χ4v) is 2.17. The molecule has 0 radical (unpaired) electrons. The summed E-state index contributed by atoms with van der Waals surface area (Å²) in [6.45, 7) is 2.98. The summed E-state index contributed by atoms with van der Waals surface area (Å²) in [5, 5.41) is 13.3. The fourth-order valence-electron chi connectivity index (χ4n) is 1.41. The van der Waals surface area contributed by atoms with Crippen LogP contribution in [0.2, 0.25) is 0 Å². The molecule has 0 aliphatic carbocycles. The molecule has 1 aromatic heterocycles. The molecule has 0 aliphatic rings. The van der Waals surface area contributed by atoms with Crippen LogP contribution in [0, 0.1) is 17.8 Å². The van der Waals surface area contributed by atoms with Crippen molar-refractivity contribution in [2.45, 2.75) is 6.92 Å². The second-order valence-corrected chi connectivity index (χ2v) is 4.81. The van der Waals surface area contributed by atoms with E-state index in [1.807, 2.05) is 12.3 Å². The largest absolute Gasteiger partial charge is 0.384 e. The van der Waals surface area contributed by atoms with E-state index in [0.29, 0.717) is 23.6 Å². The van der Waals surface area contributed by atoms with Crippen LogP contribution >= 0.6 is 11.3 Å². The minimum absolute atomic E-state index is 0.129. The molecule has 1 amide bonds. The Morgan fingerprint density at radius 2 is 2.44 bits per heavy atom. The molecule has 0 aromatic carbocycles. The van der Waals surface area contributed by atoms with E-state index < -0.39 is 0 Å². The molecule has 18 heavy (non-hydrogen) atoms. The van der Waals surface area contributed by atoms with Crippen LogP contribution < -0.4 is 5.32 Å². The van der Waals surface area contributed by atoms with Gasteiger partial charge in [0.05, 0.1) is 6.61 Å². The monoisotopic (exact) mass is 267 g/mol. The van der Waals surface area contributed by atoms with Gasteiger partial charge in [0.25, 0.3) is 5.91 Å². The summed E-state index contributed by atoms with van der Waals surface area (Å²) in [5.41, 5.74) is 0.658. The lowest BCUT2D eigenvalue weighted by Crippen LogP contribution is -2.29. The first-order valence-corrected chi connectivity index (χ1v) is 6.51. The summed E-state index contributed by atoms with van der Waals surface area (Å²) < 4.78 is 5.00. The molecule has 0 aliphatic heterocycles. The number of methoxy groups -OCH3 is 1. The van der Waals surface area contributed by atoms with Gasteiger partial charge in [-0.1, -0.05) is 18.8 Å². The number of aliphatic hydroxyl groups excluding tert-OH is 1. The minimum atomic E-state index is -0.207. The number of rotatable bonds is 5. The van der Waals surface area contributed by atoms with Crippen molar-refractivity contribution in [3.63, 3.8) is 0 Å². The summed E-state index contributed by atoms with van der Waals surface area (Å²) in [7, 11) is 1.64. The average molecular weight is 267 g/mol. The van der Waals surface area contributed by atoms with Crippen LogP contribution in [0.3, 0.4) is 0 Å². The van der Waals surface area contributed by atoms with E-state index in [2.05, 4.69) is 17.2 Å². The Bertz CT molecular complexity index is 445. The maximum absolute atomic E-state index is 11.9. The van der Waals surface area contributed by atoms with Crippen molar-refractivity contribution < 1.29 is 14.6 Å². The van der Waals surface area contributed by atoms with Crippen LogP contribution in [0.4, 0.5) is 0 Å². The van der Waals surface area contributed by atoms with Crippen molar-refractivity contribution in [2.24, 2.45) is 5.92 Å². The van der Waals surface area contributed by atoms with E-state index in [0.717, 1.165) is 0 Å². The van der Waals surface area contributed by atoms with Crippen molar-refractivity contribution in [3.05, 3.63) is 21.9 Å². The lowest BCUT2D eigenvalue weighted by atomic mass is 10.2. The fraction of sp³-hybridized carbons (Fsp3) is 0.462. The van der Waals surface area contributed by atoms with Crippen LogP contribution in [0.25, 0.3) is 0 Å². The van der Waals surface area contributed by atoms with Gasteiger partial charge in [-0.25, -0.2) is 0 Å². The van der Waals surface area contributed by atoms with E-state index in [9.17, 15) is 4.79 Å². The zero-order valence-electron chi connectivity index (χ0n) is 10.5. The zero-order valence-corrected chi connectivity index (χ0v) is 11.3. The van der Waals surface area contributed by atoms with Gasteiger partial charge in [-0.2, -0.15) is 0 Å². The summed E-state index contributed by atoms with van der Waals surface area (Å²) in [5.74, 6) is 5.44. The first kappa shape index (κ1) is 14.7. The van der Waals surface area contributed by atoms with Crippen LogP contribution in [0.5, 0.6) is 0 Å². The Kier molecular flexibility index (Phi) is 6.44. The molecule has 5 heteroatoms. The van der Waals surface area contributed by atoms with Crippen LogP contribution in [-0.4, -0.2) is 37.9 Å². The smallest absolute Gasteiger partial charge is 0.262 e. The standard InChI is InChI=1S/C13H17NO3S/c1-10(9-17-2)8-14-13(16)12-11(4-3-6-15)5-7-18-12/h5,7,10,15H,6,8-9H2,1-2H3,(H,14,16). The molecule has 1 heterocycles. The van der Waals surface area contributed by atoms with E-state index >= 15 is 0 Å². The molecule has 1 rings (SSSR count). The van der Waals surface area contributed by atoms with Crippen LogP contribution in [0.15, 0.2) is 11.4 Å². The lowest BCUT2D eigenvalue weighted by Gasteiger charge is -2.10. The molecule has 2 N–H and O–H groups in total. The highest BCUT2D eigenvalue weighted by Crippen LogP contribution is 2.15. The predicted octanol–water partition coefficient (Wildman–Crippen LogP) is 1.10. The van der Waals surface area contributed by atoms with Crippen molar-refractivity contribution in [3.8, 4) is 11.8 Å². The molecule has 0 saturated carbocycles. The number of amides is 1. The SMILES string of the molecule is COCC(C)CNC(=O)c1sccc1C#CCO. The van der Waals surface area contributed by atoms with Crippen LogP contribution in [0.1, 0.15) is 22.2 Å². The molecule has 1 unspecified atom stereocenters. The topological polar surface area (TPSA) is 58.6 Å². The van der Waals surface area contributed by atoms with Gasteiger partial charge in [-0.05, 0) is 17.4 Å². The first-order chi connectivity index (χ1) is 8.69. The highest BCUT2D eigenvalue weighted by molar-refractivity contribution is 7.12. The van der Waals surface area contributed by atoms with Gasteiger partial charge in [0.1, 0.15) is 11.5 Å². The summed E-state index contributed by atoms with van der Waals surface area (Å²) in [4.78, 5) is 12.5. The number of nitrogens with one attached hydrogen (secondary N) is 1. The molecule has 0 saturated heterocycles. The quantitative estimate of drug-likeness (QED) is 0.786. The summed E-state index contributed by atoms with van der Waals surface area (Å²) in [6, 6.07) is 1.78. The van der Waals surface area contributed by atoms with Gasteiger partial charge in [-0.3, -0.25) is 4.79 Å². The van der Waals surface area contributed by atoms with Crippen molar-refractivity contribution >= 4 is 17.2 Å². The Balaban J connectivity index is 2.59. The highest BCUT2D eigenvalue weighted by atomic mass is 32.1. The number of ether oxygens (including phenoxy) is 1. The van der Waals surface area contributed by atoms with E-state index in [1.54, 1.807) is 13.2 Å². The maximum atomic E-state index is 11.9. The average Bonchev–Trinajstić information content (AvgIpc) is 2.82. The molecule has 1 aromatic rings. The molecule has 0 bridgehead atoms. The highest BCUT2D eigenvalue weighted by Gasteiger charge is 2.12. The molecular formula is C13H17NO3S. The van der Waals surface area contributed by atoms with Gasteiger partial charge in [0, 0.05) is 19.2 Å². The van der Waals surface area contributed by atoms with Crippen molar-refractivity contribution in [2.75, 3.05) is 26.9 Å². The van der Waals surface area contributed by atoms with E-state index in [-0.39, 0.29) is 18.4 Å². The summed E-state index contributed by atoms with van der Waals surface area (Å²) in [6.07, 6.45) is 0. The van der Waals surface area contributed by atoms with Gasteiger partial charge in [-0.15, -0.1) is 11.3 Å². The molecular weight excluding hydrogens is 250 g/mol. The summed E-state index contributed by atoms with van der Waals surface area (Å²) >= 11 is 1.35. The zero-order chi connectivity index (χ0) is 13.4. The number of carbonyl (C=O) groups excluding carboxylic acids is 1. The molecule has 0 fully saturated rings. The number of hydrogen-bond donors (Lipinski definition) is 2. The van der Waals surface area contributed by atoms with Crippen molar-refractivity contribution in [1.82, 2.24) is 5.32 Å². The molecule has 4 nitrogen and oxygen atoms in total. The Morgan fingerprint density at radius 3 is 3.11 bits per heavy atom. The Labute approximate surface area is 111 Å². The molecule has 0 spiro atoms. The van der Waals surface area contributed by atoms with Crippen LogP contribution in [-0.2, 0) is 4.74 Å². The normalized spacial score (nSPS) is 11.5. The maximum Gasteiger partial charge on any atom is 0.262 e. The molecule has 1 atom stereocenters. The lowest BCUT2D eigenvalue weighted by molar-refractivity contribution is 0.0938. The first-order valence-electron chi connectivity index (χ1n) is 5.63. The van der Waals surface area contributed by atoms with Crippen molar-refractivity contribution in [1.29, 1.82) is 0 Å². The van der Waals surface area contributed by atoms with E-state index in [1.165, 1.54) is 11.3 Å². The molecule has 98 valence electrons. The third-order valence-electron chi connectivity index (χ3n) is 2.24. The third-order valence-corrected chi connectivity index (χ3v) is 3.15. The Morgan fingerprint density at radius 1 is 1.67 bits per heavy atom. The Hall–Kier alpha value is -1.35. The second kappa shape index (κ2) is 7.88. The third kappa shape index (κ3) is 4.49. The number of thiophene rings is 1. The minimum Gasteiger partial charge on any atom is -0.384 e. The number of hydrogen-bond acceptors (Lipinski definition) is 4. The van der Waals surface area contributed by atoms with Gasteiger partial charge in [0.2, 0.25) is 0 Å². The number of aliphatic hydroxyl groups is 1.